The van der Waals surface area contributed by atoms with E-state index in [0.29, 0.717) is 0 Å². The fourth-order valence-electron chi connectivity index (χ4n) is 2.73. The molecule has 1 aliphatic rings. The van der Waals surface area contributed by atoms with E-state index < -0.39 is 0 Å². The van der Waals surface area contributed by atoms with Crippen molar-refractivity contribution in [2.45, 2.75) is 38.8 Å². The molecule has 0 saturated heterocycles. The third kappa shape index (κ3) is 2.48. The lowest BCUT2D eigenvalue weighted by Gasteiger charge is -2.38. The van der Waals surface area contributed by atoms with E-state index in [9.17, 15) is 0 Å². The van der Waals surface area contributed by atoms with Gasteiger partial charge < -0.3 is 10.1 Å². The average Bonchev–Trinajstić information content (AvgIpc) is 2.40. The summed E-state index contributed by atoms with van der Waals surface area (Å²) >= 11 is 0. The number of hydrogen-bond donors (Lipinski definition) is 1. The number of aromatic nitrogens is 1. The number of nitrogens with zero attached hydrogens (tertiary/aromatic N) is 1. The molecule has 1 N–H and O–H groups in total. The van der Waals surface area contributed by atoms with Crippen LogP contribution in [0.4, 0.5) is 5.69 Å². The highest BCUT2D eigenvalue weighted by Gasteiger charge is 2.33. The van der Waals surface area contributed by atoms with E-state index >= 15 is 0 Å². The largest absolute Gasteiger partial charge is 0.487 e. The van der Waals surface area contributed by atoms with Gasteiger partial charge in [-0.15, -0.1) is 0 Å². The van der Waals surface area contributed by atoms with Gasteiger partial charge in [0, 0.05) is 18.2 Å². The first kappa shape index (κ1) is 13.0. The summed E-state index contributed by atoms with van der Waals surface area (Å²) in [7, 11) is 0. The van der Waals surface area contributed by atoms with Crippen LogP contribution in [0.3, 0.4) is 0 Å². The van der Waals surface area contributed by atoms with Gasteiger partial charge in [0.2, 0.25) is 0 Å². The number of hydrogen-bond acceptors (Lipinski definition) is 3. The first-order valence-electron chi connectivity index (χ1n) is 7.00. The van der Waals surface area contributed by atoms with Crippen molar-refractivity contribution in [3.05, 3.63) is 53.9 Å². The fourth-order valence-corrected chi connectivity index (χ4v) is 2.73. The number of ether oxygens (including phenoxy) is 1. The molecule has 2 aromatic rings. The predicted octanol–water partition coefficient (Wildman–Crippen LogP) is 4.10. The van der Waals surface area contributed by atoms with Crippen LogP contribution in [0.5, 0.6) is 5.75 Å². The van der Waals surface area contributed by atoms with Gasteiger partial charge in [0.05, 0.1) is 17.9 Å². The predicted molar refractivity (Wildman–Crippen MR) is 81.1 cm³/mol. The Bertz CT molecular complexity index is 622. The molecular weight excluding hydrogens is 248 g/mol. The summed E-state index contributed by atoms with van der Waals surface area (Å²) in [6.45, 7) is 6.36. The Hall–Kier alpha value is -2.03. The summed E-state index contributed by atoms with van der Waals surface area (Å²) in [5, 5.41) is 3.62. The molecule has 0 radical (unpaired) electrons. The van der Waals surface area contributed by atoms with Gasteiger partial charge in [-0.2, -0.15) is 0 Å². The van der Waals surface area contributed by atoms with Crippen molar-refractivity contribution < 1.29 is 4.74 Å². The zero-order chi connectivity index (χ0) is 14.2. The number of para-hydroxylation sites is 1. The molecule has 1 aliphatic heterocycles. The Labute approximate surface area is 120 Å². The number of pyridine rings is 1. The first-order valence-corrected chi connectivity index (χ1v) is 7.00. The Morgan fingerprint density at radius 1 is 1.25 bits per heavy atom. The van der Waals surface area contributed by atoms with Crippen LogP contribution in [0.1, 0.15) is 37.4 Å². The second-order valence-electron chi connectivity index (χ2n) is 5.99. The molecular formula is C17H20N2O. The molecule has 20 heavy (non-hydrogen) atoms. The highest BCUT2D eigenvalue weighted by Crippen LogP contribution is 2.41. The molecule has 0 fully saturated rings. The molecule has 0 spiro atoms. The summed E-state index contributed by atoms with van der Waals surface area (Å²) in [5.74, 6) is 0.975. The molecule has 0 bridgehead atoms. The van der Waals surface area contributed by atoms with E-state index in [-0.39, 0.29) is 11.6 Å². The first-order chi connectivity index (χ1) is 9.55. The molecule has 0 amide bonds. The van der Waals surface area contributed by atoms with Crippen molar-refractivity contribution in [2.75, 3.05) is 5.32 Å². The molecule has 0 aliphatic carbocycles. The van der Waals surface area contributed by atoms with Crippen LogP contribution in [0, 0.1) is 6.92 Å². The highest BCUT2D eigenvalue weighted by atomic mass is 16.5. The van der Waals surface area contributed by atoms with Crippen LogP contribution in [-0.4, -0.2) is 10.6 Å². The zero-order valence-electron chi connectivity index (χ0n) is 12.2. The number of rotatable bonds is 2. The topological polar surface area (TPSA) is 34.2 Å². The molecule has 104 valence electrons. The molecule has 3 heteroatoms. The minimum atomic E-state index is -0.165. The normalized spacial score (nSPS) is 19.9. The molecule has 1 aromatic heterocycles. The van der Waals surface area contributed by atoms with Crippen LogP contribution in [0.25, 0.3) is 0 Å². The smallest absolute Gasteiger partial charge is 0.125 e. The van der Waals surface area contributed by atoms with E-state index in [1.165, 1.54) is 11.1 Å². The molecule has 3 rings (SSSR count). The second-order valence-corrected chi connectivity index (χ2v) is 5.99. The van der Waals surface area contributed by atoms with Gasteiger partial charge in [0.25, 0.3) is 0 Å². The molecule has 1 atom stereocenters. The van der Waals surface area contributed by atoms with Crippen molar-refractivity contribution in [1.29, 1.82) is 0 Å². The molecule has 2 heterocycles. The third-order valence-electron chi connectivity index (χ3n) is 3.75. The van der Waals surface area contributed by atoms with Crippen LogP contribution < -0.4 is 10.1 Å². The van der Waals surface area contributed by atoms with E-state index in [1.54, 1.807) is 0 Å². The summed E-state index contributed by atoms with van der Waals surface area (Å²) < 4.78 is 6.06. The Balaban J connectivity index is 1.95. The maximum absolute atomic E-state index is 6.06. The quantitative estimate of drug-likeness (QED) is 0.890. The number of aryl methyl sites for hydroxylation is 1. The van der Waals surface area contributed by atoms with Gasteiger partial charge in [0.1, 0.15) is 11.4 Å². The molecule has 3 nitrogen and oxygen atoms in total. The molecule has 1 unspecified atom stereocenters. The average molecular weight is 268 g/mol. The lowest BCUT2D eigenvalue weighted by molar-refractivity contribution is 0.0759. The summed E-state index contributed by atoms with van der Waals surface area (Å²) in [5.41, 5.74) is 3.35. The van der Waals surface area contributed by atoms with Gasteiger partial charge in [-0.3, -0.25) is 4.98 Å². The summed E-state index contributed by atoms with van der Waals surface area (Å²) in [4.78, 5) is 4.21. The summed E-state index contributed by atoms with van der Waals surface area (Å²) in [6, 6.07) is 10.5. The molecule has 1 aromatic carbocycles. The van der Waals surface area contributed by atoms with Gasteiger partial charge >= 0.3 is 0 Å². The number of benzene rings is 1. The fraction of sp³-hybridized carbons (Fsp3) is 0.353. The minimum absolute atomic E-state index is 0.165. The standard InChI is InChI=1S/C17H20N2O/c1-12-8-9-18-11-15(12)19-14-10-17(2,3)20-16-7-5-4-6-13(14)16/h4-9,11,14,19H,10H2,1-3H3. The second kappa shape index (κ2) is 4.82. The van der Waals surface area contributed by atoms with Crippen LogP contribution in [0.2, 0.25) is 0 Å². The zero-order valence-corrected chi connectivity index (χ0v) is 12.2. The van der Waals surface area contributed by atoms with Crippen LogP contribution >= 0.6 is 0 Å². The Morgan fingerprint density at radius 3 is 2.85 bits per heavy atom. The van der Waals surface area contributed by atoms with Gasteiger partial charge in [-0.25, -0.2) is 0 Å². The Kier molecular flexibility index (Phi) is 3.13. The lowest BCUT2D eigenvalue weighted by atomic mass is 9.89. The number of fused-ring (bicyclic) bond motifs is 1. The van der Waals surface area contributed by atoms with Crippen LogP contribution in [0.15, 0.2) is 42.7 Å². The minimum Gasteiger partial charge on any atom is -0.487 e. The number of nitrogens with one attached hydrogen (secondary N) is 1. The van der Waals surface area contributed by atoms with Crippen molar-refractivity contribution in [3.63, 3.8) is 0 Å². The van der Waals surface area contributed by atoms with E-state index in [2.05, 4.69) is 43.2 Å². The van der Waals surface area contributed by atoms with E-state index in [4.69, 9.17) is 4.74 Å². The highest BCUT2D eigenvalue weighted by molar-refractivity contribution is 5.52. The Morgan fingerprint density at radius 2 is 2.05 bits per heavy atom. The number of anilines is 1. The van der Waals surface area contributed by atoms with Crippen molar-refractivity contribution in [3.8, 4) is 5.75 Å². The van der Waals surface area contributed by atoms with Crippen molar-refractivity contribution in [2.24, 2.45) is 0 Å². The van der Waals surface area contributed by atoms with Crippen molar-refractivity contribution >= 4 is 5.69 Å². The maximum atomic E-state index is 6.06. The maximum Gasteiger partial charge on any atom is 0.125 e. The van der Waals surface area contributed by atoms with Crippen molar-refractivity contribution in [1.82, 2.24) is 4.98 Å². The lowest BCUT2D eigenvalue weighted by Crippen LogP contribution is -2.37. The SMILES string of the molecule is Cc1ccncc1NC1CC(C)(C)Oc2ccccc21. The third-order valence-corrected chi connectivity index (χ3v) is 3.75. The van der Waals surface area contributed by atoms with Crippen LogP contribution in [-0.2, 0) is 0 Å². The molecule has 0 saturated carbocycles. The monoisotopic (exact) mass is 268 g/mol. The van der Waals surface area contributed by atoms with E-state index in [1.807, 2.05) is 30.6 Å². The summed E-state index contributed by atoms with van der Waals surface area (Å²) in [6.07, 6.45) is 4.64. The van der Waals surface area contributed by atoms with Gasteiger partial charge in [-0.1, -0.05) is 18.2 Å². The van der Waals surface area contributed by atoms with Gasteiger partial charge in [-0.05, 0) is 38.5 Å². The van der Waals surface area contributed by atoms with Gasteiger partial charge in [0.15, 0.2) is 0 Å². The van der Waals surface area contributed by atoms with E-state index in [0.717, 1.165) is 17.9 Å².